The highest BCUT2D eigenvalue weighted by atomic mass is 19.4. The molecule has 0 spiro atoms. The van der Waals surface area contributed by atoms with E-state index in [1.54, 1.807) is 12.1 Å². The summed E-state index contributed by atoms with van der Waals surface area (Å²) in [6.45, 7) is -1.38. The van der Waals surface area contributed by atoms with Gasteiger partial charge in [0, 0.05) is 18.0 Å². The van der Waals surface area contributed by atoms with Crippen LogP contribution in [0.5, 0.6) is 5.75 Å². The molecule has 140 valence electrons. The van der Waals surface area contributed by atoms with E-state index in [9.17, 15) is 22.4 Å². The molecule has 0 amide bonds. The fourth-order valence-corrected chi connectivity index (χ4v) is 2.53. The van der Waals surface area contributed by atoms with Crippen LogP contribution in [0.15, 0.2) is 48.8 Å². The third kappa shape index (κ3) is 4.30. The normalized spacial score (nSPS) is 11.4. The number of nitrogens with zero attached hydrogens (tertiary/aromatic N) is 3. The molecule has 0 aliphatic carbocycles. The predicted molar refractivity (Wildman–Crippen MR) is 87.6 cm³/mol. The lowest BCUT2D eigenvalue weighted by Crippen LogP contribution is -2.19. The number of carbonyl (C=O) groups is 1. The van der Waals surface area contributed by atoms with Crippen LogP contribution in [0.1, 0.15) is 15.9 Å². The maximum absolute atomic E-state index is 13.6. The molecule has 0 fully saturated rings. The van der Waals surface area contributed by atoms with Crippen molar-refractivity contribution in [3.8, 4) is 17.1 Å². The van der Waals surface area contributed by atoms with Crippen LogP contribution in [0.25, 0.3) is 11.4 Å². The SMILES string of the molecule is O=Cc1c(F)cccc1OCc1cccnc1-c1ccnn1CC(F)(F)F. The number of halogens is 4. The molecule has 0 N–H and O–H groups in total. The van der Waals surface area contributed by atoms with Gasteiger partial charge in [-0.05, 0) is 24.3 Å². The van der Waals surface area contributed by atoms with Crippen LogP contribution >= 0.6 is 0 Å². The van der Waals surface area contributed by atoms with Gasteiger partial charge in [-0.3, -0.25) is 14.5 Å². The molecular formula is C18H13F4N3O2. The van der Waals surface area contributed by atoms with E-state index in [2.05, 4.69) is 10.1 Å². The Labute approximate surface area is 151 Å². The molecule has 0 unspecified atom stereocenters. The van der Waals surface area contributed by atoms with Crippen molar-refractivity contribution in [1.82, 2.24) is 14.8 Å². The molecule has 1 aromatic carbocycles. The molecular weight excluding hydrogens is 366 g/mol. The minimum Gasteiger partial charge on any atom is -0.488 e. The zero-order valence-corrected chi connectivity index (χ0v) is 13.8. The Kier molecular flexibility index (Phi) is 5.20. The first kappa shape index (κ1) is 18.6. The third-order valence-corrected chi connectivity index (χ3v) is 3.69. The van der Waals surface area contributed by atoms with Gasteiger partial charge >= 0.3 is 6.18 Å². The molecule has 9 heteroatoms. The highest BCUT2D eigenvalue weighted by Gasteiger charge is 2.30. The lowest BCUT2D eigenvalue weighted by atomic mass is 10.1. The Morgan fingerprint density at radius 3 is 2.67 bits per heavy atom. The number of carbonyl (C=O) groups excluding carboxylic acids is 1. The van der Waals surface area contributed by atoms with Crippen molar-refractivity contribution in [2.24, 2.45) is 0 Å². The van der Waals surface area contributed by atoms with Gasteiger partial charge < -0.3 is 4.74 Å². The lowest BCUT2D eigenvalue weighted by Gasteiger charge is -2.14. The molecule has 0 radical (unpaired) electrons. The van der Waals surface area contributed by atoms with Crippen molar-refractivity contribution in [3.63, 3.8) is 0 Å². The maximum Gasteiger partial charge on any atom is 0.408 e. The van der Waals surface area contributed by atoms with Crippen LogP contribution < -0.4 is 4.74 Å². The summed E-state index contributed by atoms with van der Waals surface area (Å²) in [6, 6.07) is 8.57. The summed E-state index contributed by atoms with van der Waals surface area (Å²) in [4.78, 5) is 15.2. The maximum atomic E-state index is 13.6. The average Bonchev–Trinajstić information content (AvgIpc) is 3.06. The topological polar surface area (TPSA) is 57.0 Å². The summed E-state index contributed by atoms with van der Waals surface area (Å²) in [7, 11) is 0. The molecule has 3 rings (SSSR count). The molecule has 0 aliphatic rings. The molecule has 0 saturated carbocycles. The van der Waals surface area contributed by atoms with Crippen LogP contribution in [0.3, 0.4) is 0 Å². The number of rotatable bonds is 6. The molecule has 3 aromatic rings. The Bertz CT molecular complexity index is 954. The van der Waals surface area contributed by atoms with Crippen LogP contribution in [0.2, 0.25) is 0 Å². The second-order valence-corrected chi connectivity index (χ2v) is 5.56. The van der Waals surface area contributed by atoms with Gasteiger partial charge in [-0.15, -0.1) is 0 Å². The van der Waals surface area contributed by atoms with Crippen molar-refractivity contribution >= 4 is 6.29 Å². The van der Waals surface area contributed by atoms with E-state index in [-0.39, 0.29) is 29.3 Å². The Morgan fingerprint density at radius 2 is 1.93 bits per heavy atom. The molecule has 0 atom stereocenters. The van der Waals surface area contributed by atoms with Crippen LogP contribution in [0.4, 0.5) is 17.6 Å². The molecule has 0 bridgehead atoms. The van der Waals surface area contributed by atoms with E-state index in [0.717, 1.165) is 10.7 Å². The monoisotopic (exact) mass is 379 g/mol. The van der Waals surface area contributed by atoms with Gasteiger partial charge in [-0.25, -0.2) is 4.39 Å². The van der Waals surface area contributed by atoms with Crippen molar-refractivity contribution in [1.29, 1.82) is 0 Å². The van der Waals surface area contributed by atoms with Gasteiger partial charge in [0.25, 0.3) is 0 Å². The number of hydrogen-bond acceptors (Lipinski definition) is 4. The molecule has 27 heavy (non-hydrogen) atoms. The van der Waals surface area contributed by atoms with Crippen molar-refractivity contribution in [2.75, 3.05) is 0 Å². The Morgan fingerprint density at radius 1 is 1.11 bits per heavy atom. The molecule has 5 nitrogen and oxygen atoms in total. The van der Waals surface area contributed by atoms with Crippen LogP contribution in [0, 0.1) is 5.82 Å². The first-order valence-electron chi connectivity index (χ1n) is 7.78. The fourth-order valence-electron chi connectivity index (χ4n) is 2.53. The predicted octanol–water partition coefficient (Wildman–Crippen LogP) is 4.04. The second-order valence-electron chi connectivity index (χ2n) is 5.56. The highest BCUT2D eigenvalue weighted by Crippen LogP contribution is 2.27. The van der Waals surface area contributed by atoms with Crippen LogP contribution in [-0.2, 0) is 13.2 Å². The number of ether oxygens (including phenoxy) is 1. The van der Waals surface area contributed by atoms with E-state index in [4.69, 9.17) is 4.74 Å². The molecule has 0 saturated heterocycles. The van der Waals surface area contributed by atoms with Crippen molar-refractivity contribution in [3.05, 3.63) is 65.7 Å². The van der Waals surface area contributed by atoms with Crippen molar-refractivity contribution < 1.29 is 27.1 Å². The number of hydrogen-bond donors (Lipinski definition) is 0. The summed E-state index contributed by atoms with van der Waals surface area (Å²) in [5.74, 6) is -0.694. The minimum atomic E-state index is -4.44. The first-order valence-corrected chi connectivity index (χ1v) is 7.78. The van der Waals surface area contributed by atoms with Gasteiger partial charge in [0.05, 0.1) is 17.0 Å². The van der Waals surface area contributed by atoms with E-state index >= 15 is 0 Å². The Balaban J connectivity index is 1.89. The summed E-state index contributed by atoms with van der Waals surface area (Å²) in [5, 5.41) is 3.70. The Hall–Kier alpha value is -3.23. The zero-order chi connectivity index (χ0) is 19.4. The quantitative estimate of drug-likeness (QED) is 0.479. The standard InChI is InChI=1S/C18H13F4N3O2/c19-14-4-1-5-16(13(14)9-26)27-10-12-3-2-7-23-17(12)15-6-8-24-25(15)11-18(20,21)22/h1-9H,10-11H2. The highest BCUT2D eigenvalue weighted by molar-refractivity contribution is 5.79. The van der Waals surface area contributed by atoms with E-state index in [1.807, 2.05) is 0 Å². The van der Waals surface area contributed by atoms with E-state index in [0.29, 0.717) is 11.8 Å². The number of alkyl halides is 3. The van der Waals surface area contributed by atoms with E-state index < -0.39 is 18.5 Å². The van der Waals surface area contributed by atoms with Crippen molar-refractivity contribution in [2.45, 2.75) is 19.3 Å². The van der Waals surface area contributed by atoms with Gasteiger partial charge in [0.15, 0.2) is 6.29 Å². The first-order chi connectivity index (χ1) is 12.9. The largest absolute Gasteiger partial charge is 0.488 e. The van der Waals surface area contributed by atoms with Crippen LogP contribution in [-0.4, -0.2) is 27.2 Å². The third-order valence-electron chi connectivity index (χ3n) is 3.69. The summed E-state index contributed by atoms with van der Waals surface area (Å²) in [6.07, 6.45) is -1.42. The number of pyridine rings is 1. The van der Waals surface area contributed by atoms with Gasteiger partial charge in [0.2, 0.25) is 0 Å². The molecule has 2 heterocycles. The fraction of sp³-hybridized carbons (Fsp3) is 0.167. The molecule has 2 aromatic heterocycles. The minimum absolute atomic E-state index is 0.0311. The average molecular weight is 379 g/mol. The summed E-state index contributed by atoms with van der Waals surface area (Å²) in [5.41, 5.74) is 0.650. The van der Waals surface area contributed by atoms with Gasteiger partial charge in [-0.2, -0.15) is 18.3 Å². The zero-order valence-electron chi connectivity index (χ0n) is 13.8. The lowest BCUT2D eigenvalue weighted by molar-refractivity contribution is -0.142. The summed E-state index contributed by atoms with van der Waals surface area (Å²) >= 11 is 0. The number of aromatic nitrogens is 3. The van der Waals surface area contributed by atoms with Gasteiger partial charge in [0.1, 0.15) is 24.7 Å². The number of aldehydes is 1. The van der Waals surface area contributed by atoms with E-state index in [1.165, 1.54) is 30.6 Å². The second kappa shape index (κ2) is 7.56. The smallest absolute Gasteiger partial charge is 0.408 e. The van der Waals surface area contributed by atoms with Gasteiger partial charge in [-0.1, -0.05) is 12.1 Å². The number of benzene rings is 1. The summed E-state index contributed by atoms with van der Waals surface area (Å²) < 4.78 is 58.1. The molecule has 0 aliphatic heterocycles.